The van der Waals surface area contributed by atoms with Gasteiger partial charge in [-0.05, 0) is 52.0 Å². The molecule has 0 spiro atoms. The fraction of sp³-hybridized carbons (Fsp3) is 0.455. The number of carbonyl (C=O) groups is 2. The standard InChI is InChI=1S/C9H10BrNO2.C6H6BrN.C5H10O3.2CH4/c1-2-13-9(12)6-8-5-7(10)3-4-11-8;1-5-4-6(7)2-3-8-5;1-3-7-5(6)8-4-2;;/h3-5H,2,6H2,1H3;2-4H,1H3;3-4H2,1-2H3;2*1H4. The van der Waals surface area contributed by atoms with Crippen molar-refractivity contribution in [3.05, 3.63) is 57.0 Å². The lowest BCUT2D eigenvalue weighted by atomic mass is 10.3. The second-order valence-electron chi connectivity index (χ2n) is 5.18. The third-order valence-electron chi connectivity index (χ3n) is 2.79. The zero-order valence-electron chi connectivity index (χ0n) is 17.0. The number of nitrogens with zero attached hydrogens (tertiary/aromatic N) is 2. The summed E-state index contributed by atoms with van der Waals surface area (Å²) in [6.07, 6.45) is 3.07. The van der Waals surface area contributed by atoms with Gasteiger partial charge in [-0.25, -0.2) is 4.79 Å². The van der Waals surface area contributed by atoms with Gasteiger partial charge in [0.25, 0.3) is 0 Å². The molecule has 0 unspecified atom stereocenters. The second kappa shape index (κ2) is 21.2. The van der Waals surface area contributed by atoms with Gasteiger partial charge >= 0.3 is 12.1 Å². The van der Waals surface area contributed by atoms with Crippen LogP contribution in [0, 0.1) is 6.92 Å². The van der Waals surface area contributed by atoms with Crippen molar-refractivity contribution < 1.29 is 23.8 Å². The Hall–Kier alpha value is -2.00. The third kappa shape index (κ3) is 19.7. The molecule has 0 saturated heterocycles. The number of aromatic nitrogens is 2. The lowest BCUT2D eigenvalue weighted by molar-refractivity contribution is -0.142. The van der Waals surface area contributed by atoms with Gasteiger partial charge in [0.15, 0.2) is 0 Å². The first-order valence-corrected chi connectivity index (χ1v) is 10.5. The zero-order valence-corrected chi connectivity index (χ0v) is 20.2. The lowest BCUT2D eigenvalue weighted by Crippen LogP contribution is -2.08. The Bertz CT molecular complexity index is 720. The molecule has 0 N–H and O–H groups in total. The van der Waals surface area contributed by atoms with Gasteiger partial charge in [-0.3, -0.25) is 14.8 Å². The summed E-state index contributed by atoms with van der Waals surface area (Å²) in [7, 11) is 0. The van der Waals surface area contributed by atoms with Crippen LogP contribution in [-0.2, 0) is 25.4 Å². The van der Waals surface area contributed by atoms with Crippen molar-refractivity contribution in [3.63, 3.8) is 0 Å². The molecule has 0 aliphatic heterocycles. The summed E-state index contributed by atoms with van der Waals surface area (Å²) in [4.78, 5) is 29.3. The van der Waals surface area contributed by atoms with E-state index < -0.39 is 6.16 Å². The highest BCUT2D eigenvalue weighted by atomic mass is 79.9. The van der Waals surface area contributed by atoms with Crippen molar-refractivity contribution in [1.82, 2.24) is 9.97 Å². The number of ether oxygens (including phenoxy) is 3. The second-order valence-corrected chi connectivity index (χ2v) is 7.01. The van der Waals surface area contributed by atoms with Crippen LogP contribution in [0.1, 0.15) is 47.0 Å². The van der Waals surface area contributed by atoms with Gasteiger partial charge in [-0.2, -0.15) is 0 Å². The van der Waals surface area contributed by atoms with E-state index in [0.29, 0.717) is 25.5 Å². The van der Waals surface area contributed by atoms with Crippen molar-refractivity contribution in [2.45, 2.75) is 49.0 Å². The van der Waals surface area contributed by atoms with E-state index in [4.69, 9.17) is 4.74 Å². The first kappa shape index (κ1) is 33.6. The maximum Gasteiger partial charge on any atom is 0.508 e. The molecular formula is C22H34Br2N2O5. The molecule has 2 aromatic heterocycles. The molecule has 0 bridgehead atoms. The Morgan fingerprint density at radius 1 is 0.839 bits per heavy atom. The lowest BCUT2D eigenvalue weighted by Gasteiger charge is -2.00. The van der Waals surface area contributed by atoms with E-state index in [1.54, 1.807) is 39.2 Å². The summed E-state index contributed by atoms with van der Waals surface area (Å²) in [5.74, 6) is -0.242. The van der Waals surface area contributed by atoms with Crippen molar-refractivity contribution in [2.75, 3.05) is 19.8 Å². The number of hydrogen-bond donors (Lipinski definition) is 0. The van der Waals surface area contributed by atoms with Crippen LogP contribution < -0.4 is 0 Å². The minimum atomic E-state index is -0.588. The minimum Gasteiger partial charge on any atom is -0.466 e. The summed E-state index contributed by atoms with van der Waals surface area (Å²) in [5, 5.41) is 0. The average Bonchev–Trinajstić information content (AvgIpc) is 2.63. The van der Waals surface area contributed by atoms with E-state index in [9.17, 15) is 9.59 Å². The average molecular weight is 566 g/mol. The minimum absolute atomic E-state index is 0. The summed E-state index contributed by atoms with van der Waals surface area (Å²) in [5.41, 5.74) is 1.76. The monoisotopic (exact) mass is 564 g/mol. The highest BCUT2D eigenvalue weighted by molar-refractivity contribution is 9.10. The number of hydrogen-bond acceptors (Lipinski definition) is 7. The molecular weight excluding hydrogens is 532 g/mol. The normalized spacial score (nSPS) is 8.58. The smallest absolute Gasteiger partial charge is 0.466 e. The van der Waals surface area contributed by atoms with Crippen molar-refractivity contribution >= 4 is 44.0 Å². The molecule has 176 valence electrons. The first-order chi connectivity index (χ1) is 13.8. The Labute approximate surface area is 203 Å². The number of carbonyl (C=O) groups excluding carboxylic acids is 2. The van der Waals surface area contributed by atoms with Gasteiger partial charge in [0.2, 0.25) is 0 Å². The van der Waals surface area contributed by atoms with E-state index in [2.05, 4.69) is 51.3 Å². The Kier molecular flexibility index (Phi) is 23.0. The topological polar surface area (TPSA) is 87.6 Å². The third-order valence-corrected chi connectivity index (χ3v) is 3.78. The molecule has 0 atom stereocenters. The number of pyridine rings is 2. The van der Waals surface area contributed by atoms with Gasteiger partial charge in [0, 0.05) is 27.0 Å². The Morgan fingerprint density at radius 2 is 1.32 bits per heavy atom. The summed E-state index contributed by atoms with van der Waals surface area (Å²) in [6, 6.07) is 7.50. The van der Waals surface area contributed by atoms with Crippen LogP contribution in [0.25, 0.3) is 0 Å². The van der Waals surface area contributed by atoms with Gasteiger partial charge in [0.1, 0.15) is 0 Å². The van der Waals surface area contributed by atoms with E-state index >= 15 is 0 Å². The van der Waals surface area contributed by atoms with Crippen LogP contribution in [0.15, 0.2) is 45.6 Å². The van der Waals surface area contributed by atoms with Crippen LogP contribution in [0.4, 0.5) is 4.79 Å². The Balaban J connectivity index is -0.000000385. The molecule has 31 heavy (non-hydrogen) atoms. The quantitative estimate of drug-likeness (QED) is 0.379. The zero-order chi connectivity index (χ0) is 22.1. The fourth-order valence-electron chi connectivity index (χ4n) is 1.69. The summed E-state index contributed by atoms with van der Waals surface area (Å²) < 4.78 is 15.6. The molecule has 2 heterocycles. The molecule has 2 rings (SSSR count). The van der Waals surface area contributed by atoms with Crippen LogP contribution in [0.3, 0.4) is 0 Å². The highest BCUT2D eigenvalue weighted by Gasteiger charge is 2.04. The Morgan fingerprint density at radius 3 is 1.71 bits per heavy atom. The van der Waals surface area contributed by atoms with Crippen LogP contribution in [0.2, 0.25) is 0 Å². The van der Waals surface area contributed by atoms with Gasteiger partial charge < -0.3 is 14.2 Å². The predicted octanol–water partition coefficient (Wildman–Crippen LogP) is 6.55. The number of esters is 1. The van der Waals surface area contributed by atoms with E-state index in [1.165, 1.54) is 0 Å². The number of rotatable bonds is 5. The van der Waals surface area contributed by atoms with Gasteiger partial charge in [-0.1, -0.05) is 46.7 Å². The van der Waals surface area contributed by atoms with Crippen molar-refractivity contribution in [2.24, 2.45) is 0 Å². The van der Waals surface area contributed by atoms with Crippen molar-refractivity contribution in [3.8, 4) is 0 Å². The van der Waals surface area contributed by atoms with Gasteiger partial charge in [0.05, 0.1) is 31.9 Å². The molecule has 0 aliphatic carbocycles. The molecule has 0 aromatic carbocycles. The molecule has 2 aromatic rings. The maximum absolute atomic E-state index is 11.0. The van der Waals surface area contributed by atoms with E-state index in [-0.39, 0.29) is 27.2 Å². The first-order valence-electron chi connectivity index (χ1n) is 8.96. The molecule has 0 aliphatic rings. The molecule has 0 fully saturated rings. The fourth-order valence-corrected chi connectivity index (χ4v) is 2.53. The van der Waals surface area contributed by atoms with Gasteiger partial charge in [-0.15, -0.1) is 0 Å². The predicted molar refractivity (Wildman–Crippen MR) is 131 cm³/mol. The molecule has 9 heteroatoms. The molecule has 0 radical (unpaired) electrons. The van der Waals surface area contributed by atoms with E-state index in [0.717, 1.165) is 14.6 Å². The van der Waals surface area contributed by atoms with Crippen LogP contribution in [-0.4, -0.2) is 41.9 Å². The summed E-state index contributed by atoms with van der Waals surface area (Å²) >= 11 is 6.62. The number of halogens is 2. The largest absolute Gasteiger partial charge is 0.508 e. The van der Waals surface area contributed by atoms with E-state index in [1.807, 2.05) is 25.1 Å². The van der Waals surface area contributed by atoms with Crippen LogP contribution >= 0.6 is 31.9 Å². The number of aryl methyl sites for hydroxylation is 1. The molecule has 0 saturated carbocycles. The van der Waals surface area contributed by atoms with Crippen molar-refractivity contribution in [1.29, 1.82) is 0 Å². The maximum atomic E-state index is 11.0. The summed E-state index contributed by atoms with van der Waals surface area (Å²) in [6.45, 7) is 8.37. The molecule has 7 nitrogen and oxygen atoms in total. The molecule has 0 amide bonds. The SMILES string of the molecule is C.C.CCOC(=O)Cc1cc(Br)ccn1.CCOC(=O)OCC.Cc1cc(Br)ccn1. The van der Waals surface area contributed by atoms with Crippen LogP contribution in [0.5, 0.6) is 0 Å². The highest BCUT2D eigenvalue weighted by Crippen LogP contribution is 2.09.